The van der Waals surface area contributed by atoms with Crippen molar-refractivity contribution in [1.29, 1.82) is 0 Å². The molecule has 1 heterocycles. The number of halogens is 1. The van der Waals surface area contributed by atoms with Crippen LogP contribution in [-0.4, -0.2) is 26.9 Å². The minimum Gasteiger partial charge on any atom is -0.494 e. The Labute approximate surface area is 94.3 Å². The van der Waals surface area contributed by atoms with E-state index in [1.165, 1.54) is 13.2 Å². The lowest BCUT2D eigenvalue weighted by molar-refractivity contribution is -0.0437. The molecule has 1 aliphatic rings. The Morgan fingerprint density at radius 1 is 1.56 bits per heavy atom. The van der Waals surface area contributed by atoms with Crippen LogP contribution in [0.1, 0.15) is 11.5 Å². The molecule has 1 aliphatic heterocycles. The second kappa shape index (κ2) is 4.80. The molecule has 1 atom stereocenters. The molecule has 0 radical (unpaired) electrons. The van der Waals surface area contributed by atoms with Crippen molar-refractivity contribution in [2.75, 3.05) is 26.9 Å². The summed E-state index contributed by atoms with van der Waals surface area (Å²) in [6, 6.07) is 5.03. The molecule has 88 valence electrons. The van der Waals surface area contributed by atoms with E-state index in [0.29, 0.717) is 12.5 Å². The van der Waals surface area contributed by atoms with E-state index in [1.807, 2.05) is 6.07 Å². The zero-order valence-corrected chi connectivity index (χ0v) is 9.28. The summed E-state index contributed by atoms with van der Waals surface area (Å²) in [5.41, 5.74) is 6.65. The Balaban J connectivity index is 2.21. The van der Waals surface area contributed by atoms with Crippen LogP contribution >= 0.6 is 0 Å². The average Bonchev–Trinajstić information content (AvgIpc) is 2.23. The maximum absolute atomic E-state index is 13.5. The SMILES string of the molecule is COc1ccc(C(CN)C2COC2)cc1F. The predicted octanol–water partition coefficient (Wildman–Crippen LogP) is 1.52. The van der Waals surface area contributed by atoms with E-state index in [2.05, 4.69) is 0 Å². The molecule has 0 bridgehead atoms. The summed E-state index contributed by atoms with van der Waals surface area (Å²) >= 11 is 0. The molecule has 0 spiro atoms. The van der Waals surface area contributed by atoms with Crippen LogP contribution in [0.5, 0.6) is 5.75 Å². The molecule has 4 heteroatoms. The molecular weight excluding hydrogens is 209 g/mol. The fraction of sp³-hybridized carbons (Fsp3) is 0.500. The maximum Gasteiger partial charge on any atom is 0.165 e. The van der Waals surface area contributed by atoms with Gasteiger partial charge < -0.3 is 15.2 Å². The molecule has 0 saturated carbocycles. The van der Waals surface area contributed by atoms with E-state index in [9.17, 15) is 4.39 Å². The van der Waals surface area contributed by atoms with Gasteiger partial charge in [0.25, 0.3) is 0 Å². The third-order valence-electron chi connectivity index (χ3n) is 3.09. The number of benzene rings is 1. The number of nitrogens with two attached hydrogens (primary N) is 1. The first kappa shape index (κ1) is 11.4. The van der Waals surface area contributed by atoms with Gasteiger partial charge in [0.1, 0.15) is 0 Å². The van der Waals surface area contributed by atoms with Crippen molar-refractivity contribution in [3.8, 4) is 5.75 Å². The van der Waals surface area contributed by atoms with E-state index in [4.69, 9.17) is 15.2 Å². The van der Waals surface area contributed by atoms with Crippen LogP contribution in [0.2, 0.25) is 0 Å². The van der Waals surface area contributed by atoms with E-state index >= 15 is 0 Å². The molecule has 1 saturated heterocycles. The lowest BCUT2D eigenvalue weighted by Gasteiger charge is -2.33. The zero-order valence-electron chi connectivity index (χ0n) is 9.28. The van der Waals surface area contributed by atoms with Crippen LogP contribution in [0.3, 0.4) is 0 Å². The second-order valence-corrected chi connectivity index (χ2v) is 4.03. The fourth-order valence-corrected chi connectivity index (χ4v) is 2.00. The van der Waals surface area contributed by atoms with Crippen LogP contribution in [0, 0.1) is 11.7 Å². The minimum absolute atomic E-state index is 0.175. The molecule has 0 amide bonds. The highest BCUT2D eigenvalue weighted by Gasteiger charge is 2.29. The number of hydrogen-bond donors (Lipinski definition) is 1. The molecular formula is C12H16FNO2. The van der Waals surface area contributed by atoms with Gasteiger partial charge in [0.05, 0.1) is 20.3 Å². The Kier molecular flexibility index (Phi) is 3.41. The largest absolute Gasteiger partial charge is 0.494 e. The maximum atomic E-state index is 13.5. The predicted molar refractivity (Wildman–Crippen MR) is 59.1 cm³/mol. The first-order valence-corrected chi connectivity index (χ1v) is 5.37. The van der Waals surface area contributed by atoms with Gasteiger partial charge in [-0.1, -0.05) is 6.07 Å². The normalized spacial score (nSPS) is 17.9. The summed E-state index contributed by atoms with van der Waals surface area (Å²) in [6.07, 6.45) is 0. The summed E-state index contributed by atoms with van der Waals surface area (Å²) in [4.78, 5) is 0. The van der Waals surface area contributed by atoms with Gasteiger partial charge in [-0.05, 0) is 24.2 Å². The van der Waals surface area contributed by atoms with Gasteiger partial charge >= 0.3 is 0 Å². The molecule has 2 rings (SSSR count). The van der Waals surface area contributed by atoms with Gasteiger partial charge in [0.15, 0.2) is 11.6 Å². The van der Waals surface area contributed by atoms with E-state index in [-0.39, 0.29) is 17.5 Å². The van der Waals surface area contributed by atoms with E-state index < -0.39 is 0 Å². The van der Waals surface area contributed by atoms with Gasteiger partial charge in [-0.25, -0.2) is 4.39 Å². The van der Waals surface area contributed by atoms with Crippen LogP contribution in [0.4, 0.5) is 4.39 Å². The van der Waals surface area contributed by atoms with Crippen molar-refractivity contribution in [3.05, 3.63) is 29.6 Å². The van der Waals surface area contributed by atoms with Gasteiger partial charge in [-0.2, -0.15) is 0 Å². The fourth-order valence-electron chi connectivity index (χ4n) is 2.00. The van der Waals surface area contributed by atoms with Crippen molar-refractivity contribution in [2.45, 2.75) is 5.92 Å². The van der Waals surface area contributed by atoms with Gasteiger partial charge in [0.2, 0.25) is 0 Å². The lowest BCUT2D eigenvalue weighted by atomic mass is 9.85. The number of ether oxygens (including phenoxy) is 2. The third kappa shape index (κ3) is 2.03. The summed E-state index contributed by atoms with van der Waals surface area (Å²) in [5, 5.41) is 0. The zero-order chi connectivity index (χ0) is 11.5. The van der Waals surface area contributed by atoms with Gasteiger partial charge in [-0.15, -0.1) is 0 Å². The first-order valence-electron chi connectivity index (χ1n) is 5.37. The second-order valence-electron chi connectivity index (χ2n) is 4.03. The molecule has 1 aromatic carbocycles. The third-order valence-corrected chi connectivity index (χ3v) is 3.09. The number of rotatable bonds is 4. The highest BCUT2D eigenvalue weighted by Crippen LogP contribution is 2.31. The van der Waals surface area contributed by atoms with Crippen LogP contribution in [-0.2, 0) is 4.74 Å². The molecule has 2 N–H and O–H groups in total. The van der Waals surface area contributed by atoms with Gasteiger partial charge in [-0.3, -0.25) is 0 Å². The minimum atomic E-state index is -0.335. The summed E-state index contributed by atoms with van der Waals surface area (Å²) < 4.78 is 23.6. The first-order chi connectivity index (χ1) is 7.76. The van der Waals surface area contributed by atoms with Gasteiger partial charge in [0, 0.05) is 11.8 Å². The van der Waals surface area contributed by atoms with Crippen molar-refractivity contribution in [1.82, 2.24) is 0 Å². The van der Waals surface area contributed by atoms with Crippen molar-refractivity contribution in [2.24, 2.45) is 11.7 Å². The Morgan fingerprint density at radius 3 is 2.75 bits per heavy atom. The van der Waals surface area contributed by atoms with Crippen molar-refractivity contribution >= 4 is 0 Å². The highest BCUT2D eigenvalue weighted by atomic mass is 19.1. The Hall–Kier alpha value is -1.13. The monoisotopic (exact) mass is 225 g/mol. The average molecular weight is 225 g/mol. The number of methoxy groups -OCH3 is 1. The smallest absolute Gasteiger partial charge is 0.165 e. The molecule has 0 aliphatic carbocycles. The highest BCUT2D eigenvalue weighted by molar-refractivity contribution is 5.32. The van der Waals surface area contributed by atoms with E-state index in [0.717, 1.165) is 18.8 Å². The summed E-state index contributed by atoms with van der Waals surface area (Å²) in [7, 11) is 1.46. The summed E-state index contributed by atoms with van der Waals surface area (Å²) in [5.74, 6) is 0.523. The lowest BCUT2D eigenvalue weighted by Crippen LogP contribution is -2.36. The molecule has 16 heavy (non-hydrogen) atoms. The molecule has 1 unspecified atom stereocenters. The molecule has 1 aromatic rings. The molecule has 3 nitrogen and oxygen atoms in total. The topological polar surface area (TPSA) is 44.5 Å². The van der Waals surface area contributed by atoms with Crippen LogP contribution < -0.4 is 10.5 Å². The quantitative estimate of drug-likeness (QED) is 0.845. The summed E-state index contributed by atoms with van der Waals surface area (Å²) in [6.45, 7) is 1.95. The van der Waals surface area contributed by atoms with Crippen LogP contribution in [0.15, 0.2) is 18.2 Å². The Morgan fingerprint density at radius 2 is 2.31 bits per heavy atom. The van der Waals surface area contributed by atoms with Crippen molar-refractivity contribution < 1.29 is 13.9 Å². The number of hydrogen-bond acceptors (Lipinski definition) is 3. The molecule has 1 fully saturated rings. The molecule has 0 aromatic heterocycles. The van der Waals surface area contributed by atoms with Crippen molar-refractivity contribution in [3.63, 3.8) is 0 Å². The standard InChI is InChI=1S/C12H16FNO2/c1-15-12-3-2-8(4-11(12)13)10(5-14)9-6-16-7-9/h2-4,9-10H,5-7,14H2,1H3. The Bertz CT molecular complexity index is 366. The van der Waals surface area contributed by atoms with Crippen LogP contribution in [0.25, 0.3) is 0 Å². The van der Waals surface area contributed by atoms with E-state index in [1.54, 1.807) is 6.07 Å².